The Morgan fingerprint density at radius 3 is 2.50 bits per heavy atom. The second kappa shape index (κ2) is 8.66. The molecule has 180 valence electrons. The van der Waals surface area contributed by atoms with E-state index in [2.05, 4.69) is 23.8 Å². The molecule has 10 N–H and O–H groups in total. The van der Waals surface area contributed by atoms with Gasteiger partial charge in [-0.1, -0.05) is 0 Å². The summed E-state index contributed by atoms with van der Waals surface area (Å²) in [6.45, 7) is -0.985. The maximum atomic E-state index is 11.9. The number of ether oxygens (including phenoxy) is 1. The molecule has 0 aromatic carbocycles. The minimum atomic E-state index is -5.48. The molecular formula is C10H17N6O13P3. The number of nitrogens with zero attached hydrogens (tertiary/aromatic N) is 3. The minimum absolute atomic E-state index is 0.107. The second-order valence-electron chi connectivity index (χ2n) is 6.33. The lowest BCUT2D eigenvalue weighted by molar-refractivity contribution is -0.0501. The van der Waals surface area contributed by atoms with Crippen LogP contribution in [0.2, 0.25) is 0 Å². The van der Waals surface area contributed by atoms with Crippen LogP contribution in [0.3, 0.4) is 0 Å². The smallest absolute Gasteiger partial charge is 0.387 e. The average Bonchev–Trinajstić information content (AvgIpc) is 3.12. The highest BCUT2D eigenvalue weighted by molar-refractivity contribution is 7.70. The quantitative estimate of drug-likeness (QED) is 0.159. The van der Waals surface area contributed by atoms with Gasteiger partial charge in [0.2, 0.25) is 5.95 Å². The van der Waals surface area contributed by atoms with Crippen LogP contribution in [0.25, 0.3) is 11.2 Å². The summed E-state index contributed by atoms with van der Waals surface area (Å²) in [5, 5.41) is 20.4. The summed E-state index contributed by atoms with van der Waals surface area (Å²) in [5.41, 5.74) is 4.52. The normalized spacial score (nSPS) is 27.9. The van der Waals surface area contributed by atoms with Crippen molar-refractivity contribution in [1.29, 1.82) is 0 Å². The van der Waals surface area contributed by atoms with Gasteiger partial charge < -0.3 is 40.3 Å². The number of rotatable bonds is 8. The topological polar surface area (TPSA) is 302 Å². The van der Waals surface area contributed by atoms with Crippen LogP contribution in [0.5, 0.6) is 0 Å². The predicted octanol–water partition coefficient (Wildman–Crippen LogP) is -2.76. The van der Waals surface area contributed by atoms with Crippen LogP contribution < -0.4 is 16.2 Å². The fourth-order valence-electron chi connectivity index (χ4n) is 2.74. The van der Waals surface area contributed by atoms with Crippen LogP contribution in [0.4, 0.5) is 5.95 Å². The van der Waals surface area contributed by atoms with E-state index in [1.54, 1.807) is 0 Å². The molecule has 19 nitrogen and oxygen atoms in total. The molecule has 0 spiro atoms. The standard InChI is InChI=1S/C10H17N6O13P3/c11-10-13-7-4(8(19)14-10)12-2-16(7)9-6(18)5(17)3(28-9)1-27-32(25,26)29-31(23,24)15-30(20,21)22/h2-3,5-6,9,17-18H,1H2,(H,25,26)(H3,11,13,14,19)(H4,15,20,21,22,23,24)/t3-,5?,6+,9-/m1/s1. The van der Waals surface area contributed by atoms with Crippen molar-refractivity contribution in [3.63, 3.8) is 0 Å². The molecule has 6 atom stereocenters. The van der Waals surface area contributed by atoms with Crippen LogP contribution in [-0.4, -0.2) is 74.2 Å². The number of aliphatic hydroxyl groups is 2. The summed E-state index contributed by atoms with van der Waals surface area (Å²) in [6.07, 6.45) is -5.26. The molecule has 22 heteroatoms. The van der Waals surface area contributed by atoms with Crippen LogP contribution >= 0.6 is 23.3 Å². The van der Waals surface area contributed by atoms with E-state index in [-0.39, 0.29) is 17.1 Å². The number of fused-ring (bicyclic) bond motifs is 1. The van der Waals surface area contributed by atoms with Gasteiger partial charge in [0.1, 0.15) is 18.3 Å². The zero-order valence-corrected chi connectivity index (χ0v) is 18.1. The first-order valence-electron chi connectivity index (χ1n) is 8.19. The highest BCUT2D eigenvalue weighted by atomic mass is 31.3. The fourth-order valence-corrected chi connectivity index (χ4v) is 6.17. The van der Waals surface area contributed by atoms with E-state index in [1.807, 2.05) is 0 Å². The van der Waals surface area contributed by atoms with Gasteiger partial charge >= 0.3 is 23.3 Å². The van der Waals surface area contributed by atoms with Gasteiger partial charge in [0.25, 0.3) is 5.56 Å². The summed E-state index contributed by atoms with van der Waals surface area (Å²) in [6, 6.07) is 0. The van der Waals surface area contributed by atoms with Crippen LogP contribution in [0, 0.1) is 0 Å². The Bertz CT molecular complexity index is 1210. The van der Waals surface area contributed by atoms with Gasteiger partial charge in [0, 0.05) is 0 Å². The fraction of sp³-hybridized carbons (Fsp3) is 0.500. The molecule has 0 saturated carbocycles. The molecule has 0 bridgehead atoms. The number of phosphoric acid groups is 1. The summed E-state index contributed by atoms with van der Waals surface area (Å²) in [5.74, 6) is -0.270. The maximum Gasteiger partial charge on any atom is 0.480 e. The first-order valence-corrected chi connectivity index (χ1v) is 12.9. The van der Waals surface area contributed by atoms with Crippen molar-refractivity contribution in [1.82, 2.24) is 24.4 Å². The average molecular weight is 522 g/mol. The molecule has 1 fully saturated rings. The molecule has 1 saturated heterocycles. The first kappa shape index (κ1) is 25.1. The monoisotopic (exact) mass is 522 g/mol. The Hall–Kier alpha value is -1.56. The third-order valence-corrected chi connectivity index (χ3v) is 8.17. The van der Waals surface area contributed by atoms with Gasteiger partial charge in [-0.25, -0.2) is 18.7 Å². The molecule has 3 rings (SSSR count). The van der Waals surface area contributed by atoms with Crippen molar-refractivity contribution in [2.75, 3.05) is 12.3 Å². The SMILES string of the molecule is Nc1nc2c(ncn2[C@@H]2O[C@H](COP(=O)(O)OP(=O)(O)NP(=O)(O)O)C(O)[C@@H]2O)c(=O)[nH]1. The molecule has 3 unspecified atom stereocenters. The Morgan fingerprint density at radius 2 is 1.88 bits per heavy atom. The van der Waals surface area contributed by atoms with Crippen molar-refractivity contribution in [3.8, 4) is 0 Å². The van der Waals surface area contributed by atoms with Gasteiger partial charge in [0.15, 0.2) is 17.4 Å². The number of nitrogens with two attached hydrogens (primary N) is 1. The number of anilines is 1. The molecule has 1 aliphatic rings. The van der Waals surface area contributed by atoms with Crippen LogP contribution in [-0.2, 0) is 27.3 Å². The first-order chi connectivity index (χ1) is 14.6. The zero-order valence-electron chi connectivity index (χ0n) is 15.4. The molecule has 1 aliphatic heterocycles. The lowest BCUT2D eigenvalue weighted by Crippen LogP contribution is -2.33. The zero-order chi connectivity index (χ0) is 24.1. The summed E-state index contributed by atoms with van der Waals surface area (Å²) in [7, 11) is -16.2. The van der Waals surface area contributed by atoms with Gasteiger partial charge in [-0.15, -0.1) is 4.86 Å². The van der Waals surface area contributed by atoms with E-state index >= 15 is 0 Å². The highest BCUT2D eigenvalue weighted by Gasteiger charge is 2.46. The van der Waals surface area contributed by atoms with Gasteiger partial charge in [0.05, 0.1) is 12.9 Å². The van der Waals surface area contributed by atoms with E-state index in [4.69, 9.17) is 20.3 Å². The van der Waals surface area contributed by atoms with E-state index in [1.165, 1.54) is 0 Å². The molecule has 32 heavy (non-hydrogen) atoms. The second-order valence-corrected chi connectivity index (χ2v) is 11.1. The Morgan fingerprint density at radius 1 is 1.22 bits per heavy atom. The van der Waals surface area contributed by atoms with E-state index < -0.39 is 60.0 Å². The molecule has 3 heterocycles. The molecular weight excluding hydrogens is 505 g/mol. The Kier molecular flexibility index (Phi) is 6.78. The lowest BCUT2D eigenvalue weighted by atomic mass is 10.1. The third-order valence-electron chi connectivity index (χ3n) is 3.93. The number of imidazole rings is 1. The molecule has 2 aromatic rings. The lowest BCUT2D eigenvalue weighted by Gasteiger charge is -2.19. The minimum Gasteiger partial charge on any atom is -0.387 e. The summed E-state index contributed by atoms with van der Waals surface area (Å²) in [4.78, 5) is 58.5. The number of hydrogen-bond donors (Lipinski definition) is 9. The van der Waals surface area contributed by atoms with Crippen molar-refractivity contribution in [3.05, 3.63) is 16.7 Å². The van der Waals surface area contributed by atoms with Crippen molar-refractivity contribution >= 4 is 40.4 Å². The largest absolute Gasteiger partial charge is 0.480 e. The van der Waals surface area contributed by atoms with Gasteiger partial charge in [-0.2, -0.15) is 9.29 Å². The van der Waals surface area contributed by atoms with Crippen LogP contribution in [0.1, 0.15) is 6.23 Å². The van der Waals surface area contributed by atoms with Gasteiger partial charge in [-0.3, -0.25) is 18.9 Å². The van der Waals surface area contributed by atoms with E-state index in [9.17, 15) is 38.5 Å². The van der Waals surface area contributed by atoms with Crippen molar-refractivity contribution in [2.24, 2.45) is 0 Å². The summed E-state index contributed by atoms with van der Waals surface area (Å²) >= 11 is 0. The number of aromatic amines is 1. The Balaban J connectivity index is 1.72. The van der Waals surface area contributed by atoms with E-state index in [0.717, 1.165) is 15.8 Å². The predicted molar refractivity (Wildman–Crippen MR) is 100 cm³/mol. The number of phosphoric ester groups is 1. The third kappa shape index (κ3) is 5.67. The van der Waals surface area contributed by atoms with Crippen molar-refractivity contribution in [2.45, 2.75) is 24.5 Å². The molecule has 0 amide bonds. The Labute approximate surface area is 176 Å². The van der Waals surface area contributed by atoms with Crippen molar-refractivity contribution < 1.29 is 57.1 Å². The number of nitrogen functional groups attached to an aromatic ring is 1. The molecule has 2 aromatic heterocycles. The number of hydrogen-bond acceptors (Lipinski definition) is 12. The number of nitrogens with one attached hydrogen (secondary N) is 2. The number of aliphatic hydroxyl groups excluding tert-OH is 2. The highest BCUT2D eigenvalue weighted by Crippen LogP contribution is 2.61. The summed E-state index contributed by atoms with van der Waals surface area (Å²) < 4.78 is 48.7. The maximum absolute atomic E-state index is 11.9. The van der Waals surface area contributed by atoms with E-state index in [0.29, 0.717) is 0 Å². The molecule has 0 radical (unpaired) electrons. The van der Waals surface area contributed by atoms with Crippen LogP contribution in [0.15, 0.2) is 11.1 Å². The van der Waals surface area contributed by atoms with Gasteiger partial charge in [-0.05, 0) is 0 Å². The number of H-pyrrole nitrogens is 1. The molecule has 0 aliphatic carbocycles. The number of aromatic nitrogens is 4.